The van der Waals surface area contributed by atoms with Gasteiger partial charge in [0.05, 0.1) is 16.2 Å². The Kier molecular flexibility index (Phi) is 7.50. The maximum Gasteiger partial charge on any atom is 0.322 e. The Morgan fingerprint density at radius 2 is 1.86 bits per heavy atom. The van der Waals surface area contributed by atoms with Crippen molar-refractivity contribution in [3.8, 4) is 0 Å². The van der Waals surface area contributed by atoms with Crippen LogP contribution in [0.2, 0.25) is 5.02 Å². The van der Waals surface area contributed by atoms with E-state index >= 15 is 0 Å². The number of nitrogens with one attached hydrogen (secondary N) is 1. The topological polar surface area (TPSA) is 91.8 Å². The lowest BCUT2D eigenvalue weighted by Crippen LogP contribution is -2.36. The molecule has 0 saturated carbocycles. The third-order valence-electron chi connectivity index (χ3n) is 5.32. The maximum absolute atomic E-state index is 14.9. The molecule has 186 valence electrons. The van der Waals surface area contributed by atoms with E-state index in [-0.39, 0.29) is 34.0 Å². The van der Waals surface area contributed by atoms with Crippen LogP contribution < -0.4 is 9.79 Å². The molecule has 1 aliphatic rings. The summed E-state index contributed by atoms with van der Waals surface area (Å²) < 4.78 is 68.7. The van der Waals surface area contributed by atoms with Crippen molar-refractivity contribution in [3.05, 3.63) is 68.8 Å². The molecule has 8 nitrogen and oxygen atoms in total. The van der Waals surface area contributed by atoms with Crippen molar-refractivity contribution in [2.45, 2.75) is 24.4 Å². The molecule has 4 rings (SSSR count). The van der Waals surface area contributed by atoms with Gasteiger partial charge >= 0.3 is 6.47 Å². The quantitative estimate of drug-likeness (QED) is 0.299. The molecule has 0 spiro atoms. The van der Waals surface area contributed by atoms with Crippen LogP contribution in [0.25, 0.3) is 0 Å². The molecular formula is C21H18ClF3N4O4S2. The number of carbonyl (C=O) groups excluding carboxylic acids is 1. The Bertz CT molecular complexity index is 1340. The Balaban J connectivity index is 1.59. The van der Waals surface area contributed by atoms with Gasteiger partial charge in [-0.2, -0.15) is 8.42 Å². The summed E-state index contributed by atoms with van der Waals surface area (Å²) >= 11 is 7.25. The molecule has 2 aromatic carbocycles. The molecule has 1 N–H and O–H groups in total. The minimum atomic E-state index is -4.71. The number of likely N-dealkylation sites (tertiary alicyclic amines) is 1. The first-order valence-electron chi connectivity index (χ1n) is 10.2. The zero-order valence-electron chi connectivity index (χ0n) is 17.9. The molecule has 3 aromatic rings. The molecule has 0 aliphatic carbocycles. The second-order valence-electron chi connectivity index (χ2n) is 7.56. The number of carbonyl (C=O) groups is 1. The molecule has 1 saturated heterocycles. The fraction of sp³-hybridized carbons (Fsp3) is 0.238. The van der Waals surface area contributed by atoms with Crippen molar-refractivity contribution in [2.24, 2.45) is 0 Å². The number of hydrogen-bond donors (Lipinski definition) is 1. The fourth-order valence-corrected chi connectivity index (χ4v) is 5.55. The van der Waals surface area contributed by atoms with Crippen LogP contribution in [0, 0.1) is 17.5 Å². The Morgan fingerprint density at radius 1 is 1.14 bits per heavy atom. The van der Waals surface area contributed by atoms with Crippen LogP contribution in [-0.4, -0.2) is 37.9 Å². The van der Waals surface area contributed by atoms with Crippen molar-refractivity contribution in [1.29, 1.82) is 0 Å². The highest BCUT2D eigenvalue weighted by Gasteiger charge is 2.32. The van der Waals surface area contributed by atoms with Gasteiger partial charge in [-0.1, -0.05) is 16.1 Å². The van der Waals surface area contributed by atoms with Crippen molar-refractivity contribution < 1.29 is 31.2 Å². The smallest absolute Gasteiger partial charge is 0.322 e. The summed E-state index contributed by atoms with van der Waals surface area (Å²) in [6, 6.07) is 3.89. The zero-order valence-corrected chi connectivity index (χ0v) is 20.3. The average molecular weight is 547 g/mol. The highest BCUT2D eigenvalue weighted by Crippen LogP contribution is 2.32. The van der Waals surface area contributed by atoms with Gasteiger partial charge < -0.3 is 10.2 Å². The number of halogens is 4. The largest absolute Gasteiger partial charge is 0.380 e. The molecule has 0 amide bonds. The Morgan fingerprint density at radius 3 is 2.46 bits per heavy atom. The van der Waals surface area contributed by atoms with Crippen LogP contribution in [0.3, 0.4) is 0 Å². The highest BCUT2D eigenvalue weighted by molar-refractivity contribution is 7.92. The third kappa shape index (κ3) is 5.37. The lowest BCUT2D eigenvalue weighted by atomic mass is 10.0. The summed E-state index contributed by atoms with van der Waals surface area (Å²) in [4.78, 5) is 20.3. The van der Waals surface area contributed by atoms with Gasteiger partial charge in [-0.3, -0.25) is 9.69 Å². The number of nitrogens with zero attached hydrogens (tertiary/aromatic N) is 3. The molecule has 0 atom stereocenters. The number of hydrogen-bond acceptors (Lipinski definition) is 8. The normalized spacial score (nSPS) is 13.8. The summed E-state index contributed by atoms with van der Waals surface area (Å²) in [7, 11) is -4.71. The van der Waals surface area contributed by atoms with Gasteiger partial charge in [-0.15, -0.1) is 11.3 Å². The van der Waals surface area contributed by atoms with Crippen LogP contribution >= 0.6 is 22.9 Å². The van der Waals surface area contributed by atoms with Gasteiger partial charge in [-0.25, -0.2) is 18.2 Å². The molecule has 0 unspecified atom stereocenters. The Labute approximate surface area is 207 Å². The first-order chi connectivity index (χ1) is 16.7. The van der Waals surface area contributed by atoms with Crippen molar-refractivity contribution in [1.82, 2.24) is 9.88 Å². The van der Waals surface area contributed by atoms with E-state index < -0.39 is 32.4 Å². The van der Waals surface area contributed by atoms with Crippen LogP contribution in [0.4, 0.5) is 24.7 Å². The standard InChI is InChI=1S/C21H18ClF3N4O4S2/c22-15-6-20(35(31,32)29(33-12-30)21-10-34-11-27-21)18(25)7-19(15)26-8-13-4-16(23)17(24)5-14(13)9-28-2-1-3-28/h4-7,10-12,26H,1-3,8-9H2. The van der Waals surface area contributed by atoms with Crippen molar-refractivity contribution >= 4 is 50.9 Å². The number of aromatic nitrogens is 1. The van der Waals surface area contributed by atoms with Gasteiger partial charge in [0.1, 0.15) is 10.7 Å². The molecule has 35 heavy (non-hydrogen) atoms. The zero-order chi connectivity index (χ0) is 25.2. The predicted octanol–water partition coefficient (Wildman–Crippen LogP) is 4.31. The van der Waals surface area contributed by atoms with E-state index in [9.17, 15) is 26.4 Å². The summed E-state index contributed by atoms with van der Waals surface area (Å²) in [5.41, 5.74) is 2.34. The maximum atomic E-state index is 14.9. The Hall–Kier alpha value is -2.87. The number of sulfonamides is 1. The van der Waals surface area contributed by atoms with E-state index in [1.807, 2.05) is 0 Å². The van der Waals surface area contributed by atoms with Crippen LogP contribution in [-0.2, 0) is 32.7 Å². The first kappa shape index (κ1) is 25.2. The lowest BCUT2D eigenvalue weighted by Gasteiger charge is -2.31. The molecule has 1 fully saturated rings. The molecule has 1 aliphatic heterocycles. The predicted molar refractivity (Wildman–Crippen MR) is 124 cm³/mol. The lowest BCUT2D eigenvalue weighted by molar-refractivity contribution is -0.128. The molecule has 14 heteroatoms. The molecule has 0 bridgehead atoms. The van der Waals surface area contributed by atoms with Crippen molar-refractivity contribution in [3.63, 3.8) is 0 Å². The summed E-state index contributed by atoms with van der Waals surface area (Å²) in [6.45, 7) is 1.97. The molecule has 0 radical (unpaired) electrons. The average Bonchev–Trinajstić information content (AvgIpc) is 3.31. The monoisotopic (exact) mass is 546 g/mol. The van der Waals surface area contributed by atoms with Gasteiger partial charge in [0.15, 0.2) is 17.5 Å². The van der Waals surface area contributed by atoms with E-state index in [1.54, 1.807) is 0 Å². The van der Waals surface area contributed by atoms with Gasteiger partial charge in [0.2, 0.25) is 0 Å². The number of thiazole rings is 1. The highest BCUT2D eigenvalue weighted by atomic mass is 35.5. The summed E-state index contributed by atoms with van der Waals surface area (Å²) in [5.74, 6) is -3.42. The van der Waals surface area contributed by atoms with Crippen LogP contribution in [0.1, 0.15) is 17.5 Å². The van der Waals surface area contributed by atoms with E-state index in [4.69, 9.17) is 11.6 Å². The minimum absolute atomic E-state index is 0.0230. The van der Waals surface area contributed by atoms with Crippen LogP contribution in [0.5, 0.6) is 0 Å². The third-order valence-corrected chi connectivity index (χ3v) is 7.78. The SMILES string of the molecule is O=CON(c1cscn1)S(=O)(=O)c1cc(Cl)c(NCc2cc(F)c(F)cc2CN2CCC2)cc1F. The first-order valence-corrected chi connectivity index (χ1v) is 12.9. The number of rotatable bonds is 10. The van der Waals surface area contributed by atoms with Gasteiger partial charge in [-0.05, 0) is 54.9 Å². The number of benzene rings is 2. The van der Waals surface area contributed by atoms with E-state index in [0.29, 0.717) is 17.7 Å². The van der Waals surface area contributed by atoms with E-state index in [0.717, 1.165) is 55.1 Å². The second kappa shape index (κ2) is 10.4. The molecule has 2 heterocycles. The fourth-order valence-electron chi connectivity index (χ4n) is 3.43. The summed E-state index contributed by atoms with van der Waals surface area (Å²) in [5, 5.41) is 3.96. The summed E-state index contributed by atoms with van der Waals surface area (Å²) in [6.07, 6.45) is 1.03. The van der Waals surface area contributed by atoms with Gasteiger partial charge in [0.25, 0.3) is 10.0 Å². The van der Waals surface area contributed by atoms with Gasteiger partial charge in [0, 0.05) is 18.5 Å². The van der Waals surface area contributed by atoms with E-state index in [2.05, 4.69) is 20.0 Å². The van der Waals surface area contributed by atoms with E-state index in [1.165, 1.54) is 10.9 Å². The second-order valence-corrected chi connectivity index (χ2v) is 10.4. The minimum Gasteiger partial charge on any atom is -0.380 e. The number of anilines is 2. The van der Waals surface area contributed by atoms with Crippen molar-refractivity contribution in [2.75, 3.05) is 22.9 Å². The molecular weight excluding hydrogens is 529 g/mol. The van der Waals surface area contributed by atoms with Crippen LogP contribution in [0.15, 0.2) is 40.1 Å². The molecule has 1 aromatic heterocycles.